The number of carbonyl (C=O) groups excluding carboxylic acids is 1. The van der Waals surface area contributed by atoms with Gasteiger partial charge in [0.05, 0.1) is 19.0 Å². The highest BCUT2D eigenvalue weighted by atomic mass is 32.1. The van der Waals surface area contributed by atoms with Crippen LogP contribution in [-0.4, -0.2) is 32.6 Å². The summed E-state index contributed by atoms with van der Waals surface area (Å²) in [7, 11) is 1.61. The second-order valence-electron chi connectivity index (χ2n) is 5.85. The van der Waals surface area contributed by atoms with E-state index in [2.05, 4.69) is 24.9 Å². The van der Waals surface area contributed by atoms with Gasteiger partial charge in [0, 0.05) is 22.9 Å². The van der Waals surface area contributed by atoms with Gasteiger partial charge in [-0.3, -0.25) is 4.79 Å². The molecule has 0 bridgehead atoms. The van der Waals surface area contributed by atoms with Gasteiger partial charge in [0.2, 0.25) is 0 Å². The molecule has 0 radical (unpaired) electrons. The minimum atomic E-state index is -0.280. The Morgan fingerprint density at radius 2 is 2.04 bits per heavy atom. The normalized spacial score (nSPS) is 10.6. The largest absolute Gasteiger partial charge is 0.496 e. The maximum absolute atomic E-state index is 12.3. The fourth-order valence-electron chi connectivity index (χ4n) is 2.69. The third kappa shape index (κ3) is 3.47. The Balaban J connectivity index is 1.61. The zero-order valence-corrected chi connectivity index (χ0v) is 15.9. The van der Waals surface area contributed by atoms with Crippen LogP contribution in [0.1, 0.15) is 15.4 Å². The van der Waals surface area contributed by atoms with E-state index in [0.29, 0.717) is 27.9 Å². The number of aryl methyl sites for hydroxylation is 1. The summed E-state index contributed by atoms with van der Waals surface area (Å²) in [6.07, 6.45) is 4.72. The number of carbonyl (C=O) groups is 1. The van der Waals surface area contributed by atoms with Crippen LogP contribution in [-0.2, 0) is 0 Å². The zero-order chi connectivity index (χ0) is 19.5. The second-order valence-corrected chi connectivity index (χ2v) is 6.61. The third-order valence-electron chi connectivity index (χ3n) is 4.09. The molecule has 0 aliphatic carbocycles. The molecule has 4 aromatic rings. The lowest BCUT2D eigenvalue weighted by molar-refractivity contribution is 0.102. The van der Waals surface area contributed by atoms with Crippen LogP contribution in [0.5, 0.6) is 5.75 Å². The van der Waals surface area contributed by atoms with Gasteiger partial charge >= 0.3 is 0 Å². The fourth-order valence-corrected chi connectivity index (χ4v) is 3.24. The number of benzene rings is 1. The van der Waals surface area contributed by atoms with Crippen molar-refractivity contribution < 1.29 is 13.9 Å². The molecule has 1 N–H and O–H groups in total. The highest BCUT2D eigenvalue weighted by molar-refractivity contribution is 7.08. The summed E-state index contributed by atoms with van der Waals surface area (Å²) in [5.41, 5.74) is 3.16. The van der Waals surface area contributed by atoms with E-state index in [1.807, 2.05) is 24.3 Å². The summed E-state index contributed by atoms with van der Waals surface area (Å²) in [5, 5.41) is 6.59. The van der Waals surface area contributed by atoms with Crippen LogP contribution in [0.2, 0.25) is 0 Å². The highest BCUT2D eigenvalue weighted by Crippen LogP contribution is 2.34. The Labute approximate surface area is 164 Å². The molecule has 0 aliphatic heterocycles. The number of nitrogens with one attached hydrogen (secondary N) is 1. The van der Waals surface area contributed by atoms with Crippen LogP contribution in [0.4, 0.5) is 5.82 Å². The molecule has 0 fully saturated rings. The van der Waals surface area contributed by atoms with Crippen molar-refractivity contribution in [2.75, 3.05) is 12.4 Å². The number of methoxy groups -OCH3 is 1. The summed E-state index contributed by atoms with van der Waals surface area (Å²) in [6, 6.07) is 9.31. The standard InChI is InChI=1S/C19H15N5O3S/c1-11-18(28-24-23-11)19(25)22-17-6-4-13(8-21-17)14-7-12(3-5-15(14)26-2)16-9-20-10-27-16/h3-10H,1-2H3,(H,21,22,25). The van der Waals surface area contributed by atoms with Gasteiger partial charge in [0.25, 0.3) is 5.91 Å². The van der Waals surface area contributed by atoms with Crippen LogP contribution >= 0.6 is 11.5 Å². The van der Waals surface area contributed by atoms with Crippen molar-refractivity contribution in [2.24, 2.45) is 0 Å². The third-order valence-corrected chi connectivity index (χ3v) is 4.92. The van der Waals surface area contributed by atoms with Crippen molar-refractivity contribution in [2.45, 2.75) is 6.92 Å². The molecule has 0 saturated heterocycles. The Kier molecular flexibility index (Phi) is 4.81. The molecular weight excluding hydrogens is 378 g/mol. The molecule has 3 aromatic heterocycles. The molecule has 0 unspecified atom stereocenters. The molecule has 0 atom stereocenters. The van der Waals surface area contributed by atoms with Crippen LogP contribution in [0, 0.1) is 6.92 Å². The number of ether oxygens (including phenoxy) is 1. The number of nitrogens with zero attached hydrogens (tertiary/aromatic N) is 4. The van der Waals surface area contributed by atoms with E-state index in [4.69, 9.17) is 9.15 Å². The molecule has 8 nitrogen and oxygen atoms in total. The number of hydrogen-bond acceptors (Lipinski definition) is 8. The smallest absolute Gasteiger partial charge is 0.270 e. The molecule has 1 amide bonds. The number of anilines is 1. The molecular formula is C19H15N5O3S. The number of amides is 1. The van der Waals surface area contributed by atoms with Gasteiger partial charge in [-0.05, 0) is 48.8 Å². The van der Waals surface area contributed by atoms with E-state index in [-0.39, 0.29) is 5.91 Å². The average molecular weight is 393 g/mol. The molecule has 4 rings (SSSR count). The fraction of sp³-hybridized carbons (Fsp3) is 0.105. The molecule has 28 heavy (non-hydrogen) atoms. The van der Waals surface area contributed by atoms with Gasteiger partial charge in [-0.25, -0.2) is 9.97 Å². The SMILES string of the molecule is COc1ccc(-c2cnco2)cc1-c1ccc(NC(=O)c2snnc2C)nc1. The van der Waals surface area contributed by atoms with Crippen LogP contribution < -0.4 is 10.1 Å². The first-order valence-corrected chi connectivity index (χ1v) is 9.06. The summed E-state index contributed by atoms with van der Waals surface area (Å²) in [4.78, 5) is 21.0. The van der Waals surface area contributed by atoms with E-state index in [0.717, 1.165) is 28.2 Å². The monoisotopic (exact) mass is 393 g/mol. The van der Waals surface area contributed by atoms with Gasteiger partial charge in [-0.1, -0.05) is 4.49 Å². The van der Waals surface area contributed by atoms with E-state index in [9.17, 15) is 4.79 Å². The Bertz CT molecular complexity index is 1110. The molecule has 140 valence electrons. The predicted molar refractivity (Wildman–Crippen MR) is 104 cm³/mol. The molecule has 3 heterocycles. The molecule has 0 saturated carbocycles. The first-order valence-electron chi connectivity index (χ1n) is 8.29. The number of aromatic nitrogens is 4. The van der Waals surface area contributed by atoms with Crippen LogP contribution in [0.3, 0.4) is 0 Å². The lowest BCUT2D eigenvalue weighted by Crippen LogP contribution is -2.12. The first kappa shape index (κ1) is 17.8. The minimum absolute atomic E-state index is 0.280. The number of pyridine rings is 1. The van der Waals surface area contributed by atoms with Gasteiger partial charge in [-0.15, -0.1) is 5.10 Å². The Morgan fingerprint density at radius 3 is 2.68 bits per heavy atom. The number of hydrogen-bond donors (Lipinski definition) is 1. The summed E-state index contributed by atoms with van der Waals surface area (Å²) < 4.78 is 14.6. The zero-order valence-electron chi connectivity index (χ0n) is 15.0. The highest BCUT2D eigenvalue weighted by Gasteiger charge is 2.15. The van der Waals surface area contributed by atoms with E-state index in [1.165, 1.54) is 6.39 Å². The molecule has 1 aromatic carbocycles. The summed E-state index contributed by atoms with van der Waals surface area (Å²) in [6.45, 7) is 1.74. The molecule has 0 aliphatic rings. The van der Waals surface area contributed by atoms with E-state index >= 15 is 0 Å². The predicted octanol–water partition coefficient (Wildman–Crippen LogP) is 3.82. The lowest BCUT2D eigenvalue weighted by atomic mass is 10.0. The maximum Gasteiger partial charge on any atom is 0.270 e. The Morgan fingerprint density at radius 1 is 1.18 bits per heavy atom. The van der Waals surface area contributed by atoms with Crippen LogP contribution in [0.25, 0.3) is 22.5 Å². The second kappa shape index (κ2) is 7.57. The van der Waals surface area contributed by atoms with Crippen LogP contribution in [0.15, 0.2) is 53.5 Å². The topological polar surface area (TPSA) is 103 Å². The maximum atomic E-state index is 12.3. The number of oxazole rings is 1. The first-order chi connectivity index (χ1) is 13.7. The lowest BCUT2D eigenvalue weighted by Gasteiger charge is -2.11. The quantitative estimate of drug-likeness (QED) is 0.550. The van der Waals surface area contributed by atoms with Crippen molar-refractivity contribution in [1.29, 1.82) is 0 Å². The van der Waals surface area contributed by atoms with Gasteiger partial charge in [0.1, 0.15) is 16.4 Å². The van der Waals surface area contributed by atoms with Crippen molar-refractivity contribution in [3.8, 4) is 28.2 Å². The summed E-state index contributed by atoms with van der Waals surface area (Å²) >= 11 is 1.05. The average Bonchev–Trinajstić information content (AvgIpc) is 3.40. The minimum Gasteiger partial charge on any atom is -0.496 e. The Hall–Kier alpha value is -3.59. The number of rotatable bonds is 5. The molecule has 9 heteroatoms. The van der Waals surface area contributed by atoms with E-state index in [1.54, 1.807) is 32.5 Å². The van der Waals surface area contributed by atoms with Gasteiger partial charge in [-0.2, -0.15) is 0 Å². The molecule has 0 spiro atoms. The van der Waals surface area contributed by atoms with Crippen molar-refractivity contribution in [3.05, 3.63) is 59.7 Å². The van der Waals surface area contributed by atoms with Crippen molar-refractivity contribution in [3.63, 3.8) is 0 Å². The van der Waals surface area contributed by atoms with Crippen molar-refractivity contribution >= 4 is 23.3 Å². The van der Waals surface area contributed by atoms with E-state index < -0.39 is 0 Å². The van der Waals surface area contributed by atoms with Gasteiger partial charge in [0.15, 0.2) is 12.2 Å². The van der Waals surface area contributed by atoms with Gasteiger partial charge < -0.3 is 14.5 Å². The van der Waals surface area contributed by atoms with Crippen molar-refractivity contribution in [1.82, 2.24) is 19.6 Å². The summed E-state index contributed by atoms with van der Waals surface area (Å²) in [5.74, 6) is 1.52.